The van der Waals surface area contributed by atoms with Crippen LogP contribution < -0.4 is 0 Å². The van der Waals surface area contributed by atoms with Crippen LogP contribution in [-0.2, 0) is 19.4 Å². The summed E-state index contributed by atoms with van der Waals surface area (Å²) >= 11 is 6.07. The van der Waals surface area contributed by atoms with Crippen molar-refractivity contribution in [2.75, 3.05) is 0 Å². The van der Waals surface area contributed by atoms with E-state index >= 15 is 0 Å². The maximum absolute atomic E-state index is 10.1. The van der Waals surface area contributed by atoms with Gasteiger partial charge in [-0.25, -0.2) is 0 Å². The number of aliphatic hydroxyl groups is 1. The van der Waals surface area contributed by atoms with E-state index in [4.69, 9.17) is 11.6 Å². The van der Waals surface area contributed by atoms with Crippen molar-refractivity contribution in [1.29, 1.82) is 0 Å². The predicted octanol–water partition coefficient (Wildman–Crippen LogP) is 2.70. The number of rotatable bonds is 5. The van der Waals surface area contributed by atoms with Gasteiger partial charge in [0.05, 0.1) is 12.3 Å². The first-order valence-corrected chi connectivity index (χ1v) is 6.49. The average molecular weight is 265 g/mol. The predicted molar refractivity (Wildman–Crippen MR) is 72.8 cm³/mol. The van der Waals surface area contributed by atoms with Gasteiger partial charge in [-0.15, -0.1) is 0 Å². The number of aromatic nitrogens is 2. The van der Waals surface area contributed by atoms with Crippen LogP contribution in [-0.4, -0.2) is 21.0 Å². The van der Waals surface area contributed by atoms with Crippen molar-refractivity contribution >= 4 is 11.6 Å². The molecule has 2 aromatic rings. The second kappa shape index (κ2) is 6.03. The SMILES string of the molecule is CCn1cc(CC(O)Cc2ccccc2Cl)cn1. The molecule has 0 spiro atoms. The van der Waals surface area contributed by atoms with Crippen LogP contribution in [0.4, 0.5) is 0 Å². The van der Waals surface area contributed by atoms with Crippen molar-refractivity contribution in [3.63, 3.8) is 0 Å². The summed E-state index contributed by atoms with van der Waals surface area (Å²) in [6.45, 7) is 2.89. The molecular weight excluding hydrogens is 248 g/mol. The number of nitrogens with zero attached hydrogens (tertiary/aromatic N) is 2. The van der Waals surface area contributed by atoms with E-state index in [-0.39, 0.29) is 0 Å². The van der Waals surface area contributed by atoms with Crippen LogP contribution in [0, 0.1) is 0 Å². The highest BCUT2D eigenvalue weighted by Gasteiger charge is 2.10. The highest BCUT2D eigenvalue weighted by Crippen LogP contribution is 2.17. The van der Waals surface area contributed by atoms with Crippen molar-refractivity contribution in [1.82, 2.24) is 9.78 Å². The van der Waals surface area contributed by atoms with Crippen LogP contribution in [0.3, 0.4) is 0 Å². The summed E-state index contributed by atoms with van der Waals surface area (Å²) < 4.78 is 1.86. The number of hydrogen-bond acceptors (Lipinski definition) is 2. The lowest BCUT2D eigenvalue weighted by molar-refractivity contribution is 0.175. The van der Waals surface area contributed by atoms with Crippen molar-refractivity contribution in [3.8, 4) is 0 Å². The van der Waals surface area contributed by atoms with E-state index in [0.717, 1.165) is 17.7 Å². The third-order valence-electron chi connectivity index (χ3n) is 2.90. The normalized spacial score (nSPS) is 12.6. The van der Waals surface area contributed by atoms with E-state index in [0.29, 0.717) is 17.9 Å². The highest BCUT2D eigenvalue weighted by atomic mass is 35.5. The highest BCUT2D eigenvalue weighted by molar-refractivity contribution is 6.31. The Balaban J connectivity index is 1.96. The van der Waals surface area contributed by atoms with Crippen molar-refractivity contribution in [2.45, 2.75) is 32.4 Å². The zero-order valence-corrected chi connectivity index (χ0v) is 11.1. The molecule has 0 amide bonds. The van der Waals surface area contributed by atoms with E-state index in [1.165, 1.54) is 0 Å². The number of benzene rings is 1. The Morgan fingerprint density at radius 3 is 2.78 bits per heavy atom. The molecular formula is C14H17ClN2O. The molecule has 0 bridgehead atoms. The Labute approximate surface area is 112 Å². The first-order valence-electron chi connectivity index (χ1n) is 6.12. The van der Waals surface area contributed by atoms with Gasteiger partial charge in [-0.3, -0.25) is 4.68 Å². The molecule has 1 unspecified atom stereocenters. The van der Waals surface area contributed by atoms with Gasteiger partial charge >= 0.3 is 0 Å². The van der Waals surface area contributed by atoms with Gasteiger partial charge in [0.1, 0.15) is 0 Å². The molecule has 0 radical (unpaired) electrons. The summed E-state index contributed by atoms with van der Waals surface area (Å²) in [7, 11) is 0. The summed E-state index contributed by atoms with van der Waals surface area (Å²) in [5.41, 5.74) is 2.03. The standard InChI is InChI=1S/C14H17ClN2O/c1-2-17-10-11(9-16-17)7-13(18)8-12-5-3-4-6-14(12)15/h3-6,9-10,13,18H,2,7-8H2,1H3. The Kier molecular flexibility index (Phi) is 4.39. The summed E-state index contributed by atoms with van der Waals surface area (Å²) in [4.78, 5) is 0. The minimum absolute atomic E-state index is 0.431. The number of halogens is 1. The third kappa shape index (κ3) is 3.34. The molecule has 1 N–H and O–H groups in total. The lowest BCUT2D eigenvalue weighted by Gasteiger charge is -2.10. The van der Waals surface area contributed by atoms with Crippen LogP contribution in [0.25, 0.3) is 0 Å². The first-order chi connectivity index (χ1) is 8.69. The zero-order valence-electron chi connectivity index (χ0n) is 10.4. The molecule has 0 fully saturated rings. The number of aryl methyl sites for hydroxylation is 1. The molecule has 1 aromatic carbocycles. The molecule has 18 heavy (non-hydrogen) atoms. The Hall–Kier alpha value is -1.32. The van der Waals surface area contributed by atoms with Gasteiger partial charge in [0.2, 0.25) is 0 Å². The van der Waals surface area contributed by atoms with E-state index in [9.17, 15) is 5.11 Å². The maximum atomic E-state index is 10.1. The lowest BCUT2D eigenvalue weighted by atomic mass is 10.0. The van der Waals surface area contributed by atoms with Gasteiger partial charge in [0.15, 0.2) is 0 Å². The van der Waals surface area contributed by atoms with Gasteiger partial charge < -0.3 is 5.11 Å². The van der Waals surface area contributed by atoms with Crippen molar-refractivity contribution in [2.24, 2.45) is 0 Å². The molecule has 1 heterocycles. The van der Waals surface area contributed by atoms with Gasteiger partial charge in [0, 0.05) is 30.6 Å². The smallest absolute Gasteiger partial charge is 0.0622 e. The number of hydrogen-bond donors (Lipinski definition) is 1. The Bertz CT molecular complexity index is 510. The molecule has 2 rings (SSSR count). The maximum Gasteiger partial charge on any atom is 0.0622 e. The van der Waals surface area contributed by atoms with Crippen LogP contribution in [0.2, 0.25) is 5.02 Å². The van der Waals surface area contributed by atoms with E-state index in [1.54, 1.807) is 6.20 Å². The fraction of sp³-hybridized carbons (Fsp3) is 0.357. The van der Waals surface area contributed by atoms with Crippen LogP contribution in [0.5, 0.6) is 0 Å². The molecule has 1 atom stereocenters. The molecule has 96 valence electrons. The molecule has 0 aliphatic carbocycles. The van der Waals surface area contributed by atoms with Crippen LogP contribution >= 0.6 is 11.6 Å². The molecule has 0 aliphatic heterocycles. The lowest BCUT2D eigenvalue weighted by Crippen LogP contribution is -2.13. The quantitative estimate of drug-likeness (QED) is 0.902. The topological polar surface area (TPSA) is 38.0 Å². The summed E-state index contributed by atoms with van der Waals surface area (Å²) in [6.07, 6.45) is 4.51. The second-order valence-corrected chi connectivity index (χ2v) is 4.76. The summed E-state index contributed by atoms with van der Waals surface area (Å²) in [6, 6.07) is 7.62. The van der Waals surface area contributed by atoms with E-state index in [2.05, 4.69) is 5.10 Å². The second-order valence-electron chi connectivity index (χ2n) is 4.36. The molecule has 0 saturated heterocycles. The minimum atomic E-state index is -0.431. The van der Waals surface area contributed by atoms with E-state index < -0.39 is 6.10 Å². The molecule has 1 aromatic heterocycles. The van der Waals surface area contributed by atoms with Gasteiger partial charge in [-0.2, -0.15) is 5.10 Å². The van der Waals surface area contributed by atoms with E-state index in [1.807, 2.05) is 42.1 Å². The van der Waals surface area contributed by atoms with Gasteiger partial charge in [0.25, 0.3) is 0 Å². The Morgan fingerprint density at radius 2 is 2.11 bits per heavy atom. The molecule has 4 heteroatoms. The molecule has 0 saturated carbocycles. The number of aliphatic hydroxyl groups excluding tert-OH is 1. The third-order valence-corrected chi connectivity index (χ3v) is 3.26. The largest absolute Gasteiger partial charge is 0.392 e. The Morgan fingerprint density at radius 1 is 1.33 bits per heavy atom. The van der Waals surface area contributed by atoms with Crippen molar-refractivity contribution in [3.05, 3.63) is 52.8 Å². The zero-order chi connectivity index (χ0) is 13.0. The summed E-state index contributed by atoms with van der Waals surface area (Å²) in [5, 5.41) is 15.0. The average Bonchev–Trinajstić information content (AvgIpc) is 2.80. The monoisotopic (exact) mass is 264 g/mol. The van der Waals surface area contributed by atoms with Crippen LogP contribution in [0.15, 0.2) is 36.7 Å². The van der Waals surface area contributed by atoms with Gasteiger partial charge in [-0.05, 0) is 24.1 Å². The molecule has 3 nitrogen and oxygen atoms in total. The minimum Gasteiger partial charge on any atom is -0.392 e. The van der Waals surface area contributed by atoms with Crippen molar-refractivity contribution < 1.29 is 5.11 Å². The molecule has 0 aliphatic rings. The van der Waals surface area contributed by atoms with Crippen LogP contribution in [0.1, 0.15) is 18.1 Å². The fourth-order valence-corrected chi connectivity index (χ4v) is 2.16. The van der Waals surface area contributed by atoms with Gasteiger partial charge in [-0.1, -0.05) is 29.8 Å². The first kappa shape index (κ1) is 13.1. The summed E-state index contributed by atoms with van der Waals surface area (Å²) in [5.74, 6) is 0. The fourth-order valence-electron chi connectivity index (χ4n) is 1.95.